The summed E-state index contributed by atoms with van der Waals surface area (Å²) in [5.74, 6) is -0.986. The van der Waals surface area contributed by atoms with Crippen LogP contribution in [-0.2, 0) is 4.74 Å². The molecule has 0 aromatic rings. The molecule has 1 heterocycles. The summed E-state index contributed by atoms with van der Waals surface area (Å²) < 4.78 is 4.82. The standard InChI is InChI=1S/C5H8O2.C3H8O2/c1-4-5(6)2-3-7-4;1-3(2,4)5/h5-6H,1-3H2;4-5H,1-2H3. The van der Waals surface area contributed by atoms with Crippen molar-refractivity contribution < 1.29 is 20.1 Å². The van der Waals surface area contributed by atoms with Crippen molar-refractivity contribution in [3.63, 3.8) is 0 Å². The largest absolute Gasteiger partial charge is 0.496 e. The Morgan fingerprint density at radius 2 is 1.92 bits per heavy atom. The molecule has 1 atom stereocenters. The second-order valence-electron chi connectivity index (χ2n) is 3.11. The van der Waals surface area contributed by atoms with Crippen LogP contribution in [0.25, 0.3) is 0 Å². The first-order chi connectivity index (χ1) is 5.30. The molecule has 72 valence electrons. The van der Waals surface area contributed by atoms with Gasteiger partial charge in [-0.1, -0.05) is 6.58 Å². The monoisotopic (exact) mass is 176 g/mol. The molecule has 0 radical (unpaired) electrons. The average Bonchev–Trinajstić information content (AvgIpc) is 2.12. The molecular weight excluding hydrogens is 160 g/mol. The van der Waals surface area contributed by atoms with Crippen LogP contribution in [0, 0.1) is 0 Å². The third-order valence-corrected chi connectivity index (χ3v) is 1.05. The number of ether oxygens (including phenoxy) is 1. The lowest BCUT2D eigenvalue weighted by molar-refractivity contribution is -0.127. The maximum atomic E-state index is 8.77. The predicted octanol–water partition coefficient (Wildman–Crippen LogP) is -0.0116. The van der Waals surface area contributed by atoms with E-state index < -0.39 is 11.9 Å². The fourth-order valence-corrected chi connectivity index (χ4v) is 0.559. The van der Waals surface area contributed by atoms with Gasteiger partial charge in [0.25, 0.3) is 0 Å². The van der Waals surface area contributed by atoms with E-state index in [1.54, 1.807) is 0 Å². The predicted molar refractivity (Wildman–Crippen MR) is 44.2 cm³/mol. The van der Waals surface area contributed by atoms with E-state index in [0.29, 0.717) is 18.8 Å². The quantitative estimate of drug-likeness (QED) is 0.454. The van der Waals surface area contributed by atoms with Crippen molar-refractivity contribution in [2.24, 2.45) is 0 Å². The first-order valence-electron chi connectivity index (χ1n) is 3.75. The molecular formula is C8H16O4. The van der Waals surface area contributed by atoms with Gasteiger partial charge in [0.15, 0.2) is 5.79 Å². The fourth-order valence-electron chi connectivity index (χ4n) is 0.559. The third-order valence-electron chi connectivity index (χ3n) is 1.05. The maximum Gasteiger partial charge on any atom is 0.156 e. The molecule has 1 unspecified atom stereocenters. The zero-order valence-corrected chi connectivity index (χ0v) is 7.45. The Balaban J connectivity index is 0.000000217. The van der Waals surface area contributed by atoms with E-state index in [9.17, 15) is 0 Å². The number of aliphatic hydroxyl groups excluding tert-OH is 1. The van der Waals surface area contributed by atoms with E-state index in [-0.39, 0.29) is 0 Å². The van der Waals surface area contributed by atoms with Gasteiger partial charge in [0.2, 0.25) is 0 Å². The Hall–Kier alpha value is -0.580. The lowest BCUT2D eigenvalue weighted by atomic mass is 10.3. The summed E-state index contributed by atoms with van der Waals surface area (Å²) in [7, 11) is 0. The van der Waals surface area contributed by atoms with Crippen LogP contribution >= 0.6 is 0 Å². The Kier molecular flexibility index (Phi) is 4.23. The van der Waals surface area contributed by atoms with Crippen LogP contribution in [0.1, 0.15) is 20.3 Å². The molecule has 0 aromatic carbocycles. The molecule has 1 fully saturated rings. The molecule has 0 aliphatic carbocycles. The molecule has 1 saturated heterocycles. The molecule has 0 amide bonds. The molecule has 3 N–H and O–H groups in total. The lowest BCUT2D eigenvalue weighted by Gasteiger charge is -2.03. The summed E-state index contributed by atoms with van der Waals surface area (Å²) in [4.78, 5) is 0. The molecule has 1 aliphatic rings. The number of hydrogen-bond acceptors (Lipinski definition) is 4. The molecule has 1 aliphatic heterocycles. The van der Waals surface area contributed by atoms with Crippen molar-refractivity contribution in [2.75, 3.05) is 6.61 Å². The highest BCUT2D eigenvalue weighted by atomic mass is 16.5. The molecule has 0 spiro atoms. The van der Waals surface area contributed by atoms with E-state index in [1.165, 1.54) is 13.8 Å². The molecule has 4 heteroatoms. The molecule has 1 rings (SSSR count). The first kappa shape index (κ1) is 11.4. The minimum atomic E-state index is -1.50. The number of aliphatic hydroxyl groups is 3. The minimum Gasteiger partial charge on any atom is -0.496 e. The summed E-state index contributed by atoms with van der Waals surface area (Å²) in [6.45, 7) is 6.69. The van der Waals surface area contributed by atoms with Gasteiger partial charge in [0.1, 0.15) is 11.9 Å². The van der Waals surface area contributed by atoms with Gasteiger partial charge in [-0.25, -0.2) is 0 Å². The van der Waals surface area contributed by atoms with Crippen molar-refractivity contribution >= 4 is 0 Å². The second-order valence-corrected chi connectivity index (χ2v) is 3.11. The van der Waals surface area contributed by atoms with Crippen LogP contribution < -0.4 is 0 Å². The average molecular weight is 176 g/mol. The first-order valence-corrected chi connectivity index (χ1v) is 3.75. The van der Waals surface area contributed by atoms with Crippen molar-refractivity contribution in [2.45, 2.75) is 32.2 Å². The summed E-state index contributed by atoms with van der Waals surface area (Å²) in [6, 6.07) is 0. The maximum absolute atomic E-state index is 8.77. The second kappa shape index (κ2) is 4.45. The number of hydrogen-bond donors (Lipinski definition) is 3. The van der Waals surface area contributed by atoms with E-state index >= 15 is 0 Å². The van der Waals surface area contributed by atoms with Crippen LogP contribution in [0.4, 0.5) is 0 Å². The third kappa shape index (κ3) is 7.53. The van der Waals surface area contributed by atoms with Gasteiger partial charge in [-0.2, -0.15) is 0 Å². The fraction of sp³-hybridized carbons (Fsp3) is 0.750. The van der Waals surface area contributed by atoms with Gasteiger partial charge in [-0.3, -0.25) is 0 Å². The topological polar surface area (TPSA) is 69.9 Å². The molecule has 0 aromatic heterocycles. The molecule has 0 saturated carbocycles. The Morgan fingerprint density at radius 3 is 2.00 bits per heavy atom. The highest BCUT2D eigenvalue weighted by Gasteiger charge is 2.16. The van der Waals surface area contributed by atoms with Crippen LogP contribution in [0.5, 0.6) is 0 Å². The summed E-state index contributed by atoms with van der Waals surface area (Å²) in [5, 5.41) is 24.9. The van der Waals surface area contributed by atoms with E-state index in [2.05, 4.69) is 6.58 Å². The smallest absolute Gasteiger partial charge is 0.156 e. The Bertz CT molecular complexity index is 142. The van der Waals surface area contributed by atoms with Gasteiger partial charge < -0.3 is 20.1 Å². The summed E-state index contributed by atoms with van der Waals surface area (Å²) in [5.41, 5.74) is 0. The van der Waals surface area contributed by atoms with E-state index in [1.807, 2.05) is 0 Å². The van der Waals surface area contributed by atoms with Crippen LogP contribution in [0.15, 0.2) is 12.3 Å². The van der Waals surface area contributed by atoms with E-state index in [0.717, 1.165) is 0 Å². The van der Waals surface area contributed by atoms with Crippen LogP contribution in [0.2, 0.25) is 0 Å². The van der Waals surface area contributed by atoms with Crippen molar-refractivity contribution in [1.82, 2.24) is 0 Å². The van der Waals surface area contributed by atoms with Gasteiger partial charge in [-0.15, -0.1) is 0 Å². The van der Waals surface area contributed by atoms with E-state index in [4.69, 9.17) is 20.1 Å². The highest BCUT2D eigenvalue weighted by molar-refractivity contribution is 4.95. The van der Waals surface area contributed by atoms with Crippen LogP contribution in [0.3, 0.4) is 0 Å². The summed E-state index contributed by atoms with van der Waals surface area (Å²) >= 11 is 0. The normalized spacial score (nSPS) is 22.8. The number of rotatable bonds is 0. The van der Waals surface area contributed by atoms with Gasteiger partial charge >= 0.3 is 0 Å². The Morgan fingerprint density at radius 1 is 1.50 bits per heavy atom. The van der Waals surface area contributed by atoms with Crippen molar-refractivity contribution in [3.05, 3.63) is 12.3 Å². The van der Waals surface area contributed by atoms with Crippen molar-refractivity contribution in [1.29, 1.82) is 0 Å². The zero-order valence-electron chi connectivity index (χ0n) is 7.45. The zero-order chi connectivity index (χ0) is 9.78. The molecule has 0 bridgehead atoms. The van der Waals surface area contributed by atoms with Gasteiger partial charge in [-0.05, 0) is 13.8 Å². The van der Waals surface area contributed by atoms with Crippen LogP contribution in [-0.4, -0.2) is 33.8 Å². The minimum absolute atomic E-state index is 0.403. The summed E-state index contributed by atoms with van der Waals surface area (Å²) in [6.07, 6.45) is 0.304. The lowest BCUT2D eigenvalue weighted by Crippen LogP contribution is -2.15. The molecule has 12 heavy (non-hydrogen) atoms. The molecule has 4 nitrogen and oxygen atoms in total. The van der Waals surface area contributed by atoms with Crippen molar-refractivity contribution in [3.8, 4) is 0 Å². The Labute approximate surface area is 72.1 Å². The highest BCUT2D eigenvalue weighted by Crippen LogP contribution is 2.13. The van der Waals surface area contributed by atoms with Gasteiger partial charge in [0.05, 0.1) is 6.61 Å². The SMILES string of the molecule is C=C1OCCC1O.CC(C)(O)O. The van der Waals surface area contributed by atoms with Gasteiger partial charge in [0, 0.05) is 6.42 Å².